The molecule has 0 aromatic heterocycles. The minimum Gasteiger partial charge on any atom is -0.496 e. The van der Waals surface area contributed by atoms with Gasteiger partial charge in [0.1, 0.15) is 5.75 Å². The van der Waals surface area contributed by atoms with Crippen molar-refractivity contribution in [3.05, 3.63) is 29.8 Å². The maximum atomic E-state index is 10.9. The maximum Gasteiger partial charge on any atom is 0.305 e. The van der Waals surface area contributed by atoms with Crippen LogP contribution in [0.5, 0.6) is 5.75 Å². The summed E-state index contributed by atoms with van der Waals surface area (Å²) in [6.07, 6.45) is 1.92. The Morgan fingerprint density at radius 1 is 1.19 bits per heavy atom. The molecule has 5 nitrogen and oxygen atoms in total. The third-order valence-corrected chi connectivity index (χ3v) is 3.23. The van der Waals surface area contributed by atoms with E-state index < -0.39 is 0 Å². The number of thiocarbonyl (C=S) groups is 1. The van der Waals surface area contributed by atoms with Gasteiger partial charge in [0, 0.05) is 19.5 Å². The van der Waals surface area contributed by atoms with Crippen LogP contribution in [0.2, 0.25) is 0 Å². The Hall–Kier alpha value is -1.82. The first-order valence-electron chi connectivity index (χ1n) is 6.87. The minimum absolute atomic E-state index is 0.202. The summed E-state index contributed by atoms with van der Waals surface area (Å²) in [4.78, 5) is 10.9. The van der Waals surface area contributed by atoms with Crippen LogP contribution in [0, 0.1) is 0 Å². The monoisotopic (exact) mass is 310 g/mol. The van der Waals surface area contributed by atoms with Crippen LogP contribution >= 0.6 is 12.2 Å². The fourth-order valence-electron chi connectivity index (χ4n) is 1.82. The first kappa shape index (κ1) is 17.2. The number of carbonyl (C=O) groups is 1. The van der Waals surface area contributed by atoms with Gasteiger partial charge in [-0.1, -0.05) is 18.2 Å². The number of nitrogens with one attached hydrogen (secondary N) is 2. The van der Waals surface area contributed by atoms with E-state index in [0.29, 0.717) is 24.5 Å². The van der Waals surface area contributed by atoms with Crippen LogP contribution in [0.15, 0.2) is 24.3 Å². The Morgan fingerprint density at radius 2 is 1.90 bits per heavy atom. The van der Waals surface area contributed by atoms with Crippen molar-refractivity contribution in [1.29, 1.82) is 0 Å². The quantitative estimate of drug-likeness (QED) is 0.433. The first-order chi connectivity index (χ1) is 10.2. The first-order valence-corrected chi connectivity index (χ1v) is 7.28. The number of rotatable bonds is 8. The predicted octanol–water partition coefficient (Wildman–Crippen LogP) is 1.65. The fraction of sp³-hybridized carbons (Fsp3) is 0.467. The lowest BCUT2D eigenvalue weighted by Gasteiger charge is -2.11. The molecule has 6 heteroatoms. The Labute approximate surface area is 131 Å². The van der Waals surface area contributed by atoms with E-state index in [0.717, 1.165) is 24.3 Å². The van der Waals surface area contributed by atoms with Gasteiger partial charge in [0.2, 0.25) is 0 Å². The summed E-state index contributed by atoms with van der Waals surface area (Å²) in [5.74, 6) is 0.683. The van der Waals surface area contributed by atoms with Gasteiger partial charge in [-0.15, -0.1) is 0 Å². The zero-order chi connectivity index (χ0) is 15.5. The van der Waals surface area contributed by atoms with Crippen molar-refractivity contribution in [3.8, 4) is 5.75 Å². The number of benzene rings is 1. The molecule has 0 aliphatic carbocycles. The third kappa shape index (κ3) is 6.94. The van der Waals surface area contributed by atoms with E-state index in [9.17, 15) is 4.79 Å². The van der Waals surface area contributed by atoms with E-state index in [4.69, 9.17) is 17.0 Å². The zero-order valence-corrected chi connectivity index (χ0v) is 13.3. The van der Waals surface area contributed by atoms with E-state index >= 15 is 0 Å². The molecule has 0 bridgehead atoms. The van der Waals surface area contributed by atoms with Gasteiger partial charge in [-0.05, 0) is 36.7 Å². The van der Waals surface area contributed by atoms with Crippen molar-refractivity contribution in [2.45, 2.75) is 19.3 Å². The summed E-state index contributed by atoms with van der Waals surface area (Å²) in [6, 6.07) is 7.91. The molecule has 0 fully saturated rings. The molecule has 0 aliphatic rings. The molecule has 0 amide bonds. The normalized spacial score (nSPS) is 9.81. The van der Waals surface area contributed by atoms with Gasteiger partial charge in [0.15, 0.2) is 5.11 Å². The van der Waals surface area contributed by atoms with E-state index in [1.54, 1.807) is 7.11 Å². The SMILES string of the molecule is COC(=O)CCCNC(=S)NCCc1ccccc1OC. The van der Waals surface area contributed by atoms with E-state index in [1.807, 2.05) is 24.3 Å². The van der Waals surface area contributed by atoms with Crippen LogP contribution in [0.3, 0.4) is 0 Å². The van der Waals surface area contributed by atoms with E-state index in [2.05, 4.69) is 15.4 Å². The Morgan fingerprint density at radius 3 is 2.62 bits per heavy atom. The molecule has 1 aromatic rings. The van der Waals surface area contributed by atoms with Crippen LogP contribution < -0.4 is 15.4 Å². The van der Waals surface area contributed by atoms with Gasteiger partial charge in [0.25, 0.3) is 0 Å². The summed E-state index contributed by atoms with van der Waals surface area (Å²) in [6.45, 7) is 1.37. The molecule has 2 N–H and O–H groups in total. The largest absolute Gasteiger partial charge is 0.496 e. The highest BCUT2D eigenvalue weighted by Gasteiger charge is 2.02. The van der Waals surface area contributed by atoms with Crippen molar-refractivity contribution in [2.75, 3.05) is 27.3 Å². The van der Waals surface area contributed by atoms with Gasteiger partial charge < -0.3 is 20.1 Å². The summed E-state index contributed by atoms with van der Waals surface area (Å²) in [5, 5.41) is 6.78. The fourth-order valence-corrected chi connectivity index (χ4v) is 2.02. The molecule has 116 valence electrons. The number of hydrogen-bond donors (Lipinski definition) is 2. The Kier molecular flexibility index (Phi) is 8.19. The Bertz CT molecular complexity index is 466. The van der Waals surface area contributed by atoms with Gasteiger partial charge in [-0.3, -0.25) is 4.79 Å². The smallest absolute Gasteiger partial charge is 0.305 e. The zero-order valence-electron chi connectivity index (χ0n) is 12.5. The summed E-state index contributed by atoms with van der Waals surface area (Å²) < 4.78 is 9.86. The number of ether oxygens (including phenoxy) is 2. The number of esters is 1. The number of hydrogen-bond acceptors (Lipinski definition) is 4. The van der Waals surface area contributed by atoms with Gasteiger partial charge in [-0.2, -0.15) is 0 Å². The lowest BCUT2D eigenvalue weighted by Crippen LogP contribution is -2.37. The highest BCUT2D eigenvalue weighted by Crippen LogP contribution is 2.17. The summed E-state index contributed by atoms with van der Waals surface area (Å²) in [5.41, 5.74) is 1.14. The van der Waals surface area contributed by atoms with Gasteiger partial charge in [0.05, 0.1) is 14.2 Å². The maximum absolute atomic E-state index is 10.9. The molecule has 0 saturated carbocycles. The van der Waals surface area contributed by atoms with Crippen molar-refractivity contribution < 1.29 is 14.3 Å². The second kappa shape index (κ2) is 9.99. The molecule has 0 heterocycles. The Balaban J connectivity index is 2.17. The van der Waals surface area contributed by atoms with Crippen LogP contribution in [0.4, 0.5) is 0 Å². The highest BCUT2D eigenvalue weighted by atomic mass is 32.1. The van der Waals surface area contributed by atoms with Crippen molar-refractivity contribution >= 4 is 23.3 Å². The summed E-state index contributed by atoms with van der Waals surface area (Å²) in [7, 11) is 3.06. The van der Waals surface area contributed by atoms with Crippen LogP contribution in [0.1, 0.15) is 18.4 Å². The van der Waals surface area contributed by atoms with Crippen LogP contribution in [-0.4, -0.2) is 38.4 Å². The van der Waals surface area contributed by atoms with E-state index in [1.165, 1.54) is 7.11 Å². The van der Waals surface area contributed by atoms with Crippen LogP contribution in [0.25, 0.3) is 0 Å². The second-order valence-electron chi connectivity index (χ2n) is 4.42. The molecule has 0 aliphatic heterocycles. The van der Waals surface area contributed by atoms with E-state index in [-0.39, 0.29) is 5.97 Å². The molecule has 1 aromatic carbocycles. The molecule has 0 saturated heterocycles. The second-order valence-corrected chi connectivity index (χ2v) is 4.83. The highest BCUT2D eigenvalue weighted by molar-refractivity contribution is 7.80. The van der Waals surface area contributed by atoms with Gasteiger partial charge in [-0.25, -0.2) is 0 Å². The lowest BCUT2D eigenvalue weighted by molar-refractivity contribution is -0.140. The molecule has 1 rings (SSSR count). The minimum atomic E-state index is -0.202. The molecule has 0 spiro atoms. The average Bonchev–Trinajstić information content (AvgIpc) is 2.51. The number of para-hydroxylation sites is 1. The molecule has 0 radical (unpaired) electrons. The standard InChI is InChI=1S/C15H22N2O3S/c1-19-13-7-4-3-6-12(13)9-11-17-15(21)16-10-5-8-14(18)20-2/h3-4,6-7H,5,8-11H2,1-2H3,(H2,16,17,21). The number of methoxy groups -OCH3 is 2. The molecular weight excluding hydrogens is 288 g/mol. The average molecular weight is 310 g/mol. The number of carbonyl (C=O) groups excluding carboxylic acids is 1. The van der Waals surface area contributed by atoms with Crippen molar-refractivity contribution in [3.63, 3.8) is 0 Å². The topological polar surface area (TPSA) is 59.6 Å². The third-order valence-electron chi connectivity index (χ3n) is 2.94. The van der Waals surface area contributed by atoms with Crippen molar-refractivity contribution in [2.24, 2.45) is 0 Å². The molecule has 21 heavy (non-hydrogen) atoms. The predicted molar refractivity (Wildman–Crippen MR) is 86.6 cm³/mol. The van der Waals surface area contributed by atoms with Gasteiger partial charge >= 0.3 is 5.97 Å². The lowest BCUT2D eigenvalue weighted by atomic mass is 10.1. The van der Waals surface area contributed by atoms with Crippen molar-refractivity contribution in [1.82, 2.24) is 10.6 Å². The van der Waals surface area contributed by atoms with Crippen LogP contribution in [-0.2, 0) is 16.0 Å². The molecule has 0 unspecified atom stereocenters. The summed E-state index contributed by atoms with van der Waals surface area (Å²) >= 11 is 5.17. The molecular formula is C15H22N2O3S. The molecule has 0 atom stereocenters.